The first kappa shape index (κ1) is 8.98. The summed E-state index contributed by atoms with van der Waals surface area (Å²) in [7, 11) is 0. The van der Waals surface area contributed by atoms with Crippen LogP contribution in [0.15, 0.2) is 36.0 Å². The van der Waals surface area contributed by atoms with Crippen molar-refractivity contribution in [2.24, 2.45) is 5.41 Å². The van der Waals surface area contributed by atoms with Crippen LogP contribution in [0.5, 0.6) is 0 Å². The zero-order valence-corrected chi connectivity index (χ0v) is 7.58. The molecule has 0 aromatic carbocycles. The summed E-state index contributed by atoms with van der Waals surface area (Å²) in [6, 6.07) is 0. The molecule has 0 fully saturated rings. The van der Waals surface area contributed by atoms with Gasteiger partial charge >= 0.3 is 0 Å². The van der Waals surface area contributed by atoms with E-state index in [9.17, 15) is 4.79 Å². The van der Waals surface area contributed by atoms with Gasteiger partial charge in [0.25, 0.3) is 0 Å². The largest absolute Gasteiger partial charge is 0.302 e. The first-order chi connectivity index (χ1) is 5.67. The minimum atomic E-state index is -0.320. The summed E-state index contributed by atoms with van der Waals surface area (Å²) in [6.07, 6.45) is 11.9. The fourth-order valence-corrected chi connectivity index (χ4v) is 1.13. The van der Waals surface area contributed by atoms with Crippen LogP contribution in [-0.4, -0.2) is 6.29 Å². The Kier molecular flexibility index (Phi) is 2.64. The quantitative estimate of drug-likeness (QED) is 0.570. The van der Waals surface area contributed by atoms with Crippen LogP contribution in [0.25, 0.3) is 0 Å². The van der Waals surface area contributed by atoms with E-state index in [0.29, 0.717) is 0 Å². The van der Waals surface area contributed by atoms with E-state index in [0.717, 1.165) is 12.7 Å². The smallest absolute Gasteiger partial charge is 0.129 e. The van der Waals surface area contributed by atoms with Crippen LogP contribution < -0.4 is 0 Å². The van der Waals surface area contributed by atoms with Crippen molar-refractivity contribution in [3.05, 3.63) is 36.0 Å². The van der Waals surface area contributed by atoms with Crippen molar-refractivity contribution in [2.75, 3.05) is 0 Å². The van der Waals surface area contributed by atoms with Gasteiger partial charge in [0, 0.05) is 5.41 Å². The Labute approximate surface area is 73.5 Å². The van der Waals surface area contributed by atoms with Crippen molar-refractivity contribution in [1.82, 2.24) is 0 Å². The monoisotopic (exact) mass is 162 g/mol. The Hall–Kier alpha value is -1.11. The molecule has 0 saturated heterocycles. The number of carbonyl (C=O) groups excluding carboxylic acids is 1. The summed E-state index contributed by atoms with van der Waals surface area (Å²) in [4.78, 5) is 10.7. The van der Waals surface area contributed by atoms with Crippen LogP contribution in [-0.2, 0) is 4.79 Å². The average Bonchev–Trinajstić information content (AvgIpc) is 2.32. The van der Waals surface area contributed by atoms with Gasteiger partial charge in [0.15, 0.2) is 0 Å². The maximum Gasteiger partial charge on any atom is 0.129 e. The maximum atomic E-state index is 10.7. The molecule has 1 aliphatic rings. The van der Waals surface area contributed by atoms with Gasteiger partial charge in [-0.05, 0) is 20.3 Å². The second kappa shape index (κ2) is 3.53. The third-order valence-electron chi connectivity index (χ3n) is 2.12. The second-order valence-electron chi connectivity index (χ2n) is 3.55. The highest BCUT2D eigenvalue weighted by atomic mass is 16.1. The molecule has 0 heterocycles. The molecule has 1 aliphatic carbocycles. The summed E-state index contributed by atoms with van der Waals surface area (Å²) < 4.78 is 0. The van der Waals surface area contributed by atoms with Gasteiger partial charge in [-0.25, -0.2) is 0 Å². The molecule has 0 unspecified atom stereocenters. The number of hydrogen-bond acceptors (Lipinski definition) is 1. The molecule has 12 heavy (non-hydrogen) atoms. The molecule has 0 bridgehead atoms. The van der Waals surface area contributed by atoms with Gasteiger partial charge in [-0.15, -0.1) is 0 Å². The summed E-state index contributed by atoms with van der Waals surface area (Å²) in [5, 5.41) is 0. The van der Waals surface area contributed by atoms with Crippen LogP contribution in [0.2, 0.25) is 0 Å². The van der Waals surface area contributed by atoms with Gasteiger partial charge in [-0.1, -0.05) is 36.0 Å². The maximum absolute atomic E-state index is 10.7. The first-order valence-corrected chi connectivity index (χ1v) is 4.16. The average molecular weight is 162 g/mol. The lowest BCUT2D eigenvalue weighted by atomic mass is 9.84. The highest BCUT2D eigenvalue weighted by molar-refractivity contribution is 5.64. The minimum Gasteiger partial charge on any atom is -0.302 e. The molecule has 64 valence electrons. The Morgan fingerprint density at radius 1 is 1.33 bits per heavy atom. The van der Waals surface area contributed by atoms with Crippen molar-refractivity contribution in [3.8, 4) is 0 Å². The number of hydrogen-bond donors (Lipinski definition) is 0. The van der Waals surface area contributed by atoms with Crippen LogP contribution in [0.4, 0.5) is 0 Å². The second-order valence-corrected chi connectivity index (χ2v) is 3.55. The normalized spacial score (nSPS) is 17.0. The van der Waals surface area contributed by atoms with Crippen molar-refractivity contribution >= 4 is 6.29 Å². The molecule has 1 nitrogen and oxygen atoms in total. The highest BCUT2D eigenvalue weighted by Crippen LogP contribution is 2.27. The molecular formula is C11H14O. The van der Waals surface area contributed by atoms with E-state index in [1.54, 1.807) is 0 Å². The SMILES string of the molecule is CC(C)(C=O)C1=CC=CC=CC1. The van der Waals surface area contributed by atoms with Crippen LogP contribution >= 0.6 is 0 Å². The van der Waals surface area contributed by atoms with Crippen LogP contribution in [0.3, 0.4) is 0 Å². The standard InChI is InChI=1S/C11H14O/c1-11(2,9-12)10-7-5-3-4-6-8-10/h3-7,9H,8H2,1-2H3. The summed E-state index contributed by atoms with van der Waals surface area (Å²) in [5.74, 6) is 0. The number of carbonyl (C=O) groups is 1. The molecule has 0 saturated carbocycles. The molecule has 0 radical (unpaired) electrons. The first-order valence-electron chi connectivity index (χ1n) is 4.16. The van der Waals surface area contributed by atoms with Gasteiger partial charge in [0.05, 0.1) is 0 Å². The van der Waals surface area contributed by atoms with E-state index in [1.165, 1.54) is 5.57 Å². The molecule has 0 N–H and O–H groups in total. The van der Waals surface area contributed by atoms with E-state index in [-0.39, 0.29) is 5.41 Å². The molecule has 0 atom stereocenters. The Morgan fingerprint density at radius 3 is 2.75 bits per heavy atom. The lowest BCUT2D eigenvalue weighted by Crippen LogP contribution is -2.15. The fourth-order valence-electron chi connectivity index (χ4n) is 1.13. The number of rotatable bonds is 2. The summed E-state index contributed by atoms with van der Waals surface area (Å²) >= 11 is 0. The van der Waals surface area contributed by atoms with E-state index in [4.69, 9.17) is 0 Å². The molecule has 0 amide bonds. The van der Waals surface area contributed by atoms with Gasteiger partial charge < -0.3 is 4.79 Å². The van der Waals surface area contributed by atoms with Crippen molar-refractivity contribution in [1.29, 1.82) is 0 Å². The molecule has 0 spiro atoms. The fraction of sp³-hybridized carbons (Fsp3) is 0.364. The van der Waals surface area contributed by atoms with Crippen LogP contribution in [0, 0.1) is 5.41 Å². The Bertz CT molecular complexity index is 254. The molecule has 0 aromatic heterocycles. The zero-order valence-electron chi connectivity index (χ0n) is 7.58. The third-order valence-corrected chi connectivity index (χ3v) is 2.12. The molecule has 1 rings (SSSR count). The predicted molar refractivity (Wildman–Crippen MR) is 50.8 cm³/mol. The molecule has 1 heteroatoms. The van der Waals surface area contributed by atoms with Crippen molar-refractivity contribution in [3.63, 3.8) is 0 Å². The highest BCUT2D eigenvalue weighted by Gasteiger charge is 2.20. The lowest BCUT2D eigenvalue weighted by molar-refractivity contribution is -0.113. The zero-order chi connectivity index (χ0) is 9.03. The lowest BCUT2D eigenvalue weighted by Gasteiger charge is -2.19. The minimum absolute atomic E-state index is 0.320. The van der Waals surface area contributed by atoms with Gasteiger partial charge in [0.2, 0.25) is 0 Å². The molecular weight excluding hydrogens is 148 g/mol. The van der Waals surface area contributed by atoms with Crippen molar-refractivity contribution in [2.45, 2.75) is 20.3 Å². The van der Waals surface area contributed by atoms with Crippen LogP contribution in [0.1, 0.15) is 20.3 Å². The van der Waals surface area contributed by atoms with E-state index >= 15 is 0 Å². The molecule has 0 aliphatic heterocycles. The topological polar surface area (TPSA) is 17.1 Å². The van der Waals surface area contributed by atoms with Gasteiger partial charge in [-0.3, -0.25) is 0 Å². The third kappa shape index (κ3) is 1.94. The van der Waals surface area contributed by atoms with E-state index < -0.39 is 0 Å². The Balaban J connectivity index is 2.88. The predicted octanol–water partition coefficient (Wildman–Crippen LogP) is 2.65. The van der Waals surface area contributed by atoms with Crippen molar-refractivity contribution < 1.29 is 4.79 Å². The van der Waals surface area contributed by atoms with Gasteiger partial charge in [-0.2, -0.15) is 0 Å². The number of allylic oxidation sites excluding steroid dienone is 6. The van der Waals surface area contributed by atoms with E-state index in [2.05, 4.69) is 6.08 Å². The summed E-state index contributed by atoms with van der Waals surface area (Å²) in [6.45, 7) is 3.89. The number of aldehydes is 1. The Morgan fingerprint density at radius 2 is 2.08 bits per heavy atom. The summed E-state index contributed by atoms with van der Waals surface area (Å²) in [5.41, 5.74) is 0.849. The van der Waals surface area contributed by atoms with E-state index in [1.807, 2.05) is 38.2 Å². The molecule has 0 aromatic rings. The van der Waals surface area contributed by atoms with Gasteiger partial charge in [0.1, 0.15) is 6.29 Å².